The lowest BCUT2D eigenvalue weighted by Crippen LogP contribution is -2.55. The number of benzene rings is 2. The molecule has 1 aliphatic carbocycles. The van der Waals surface area contributed by atoms with E-state index in [0.29, 0.717) is 15.7 Å². The summed E-state index contributed by atoms with van der Waals surface area (Å²) in [5, 5.41) is 4.10. The Morgan fingerprint density at radius 1 is 1.04 bits per heavy atom. The number of halogens is 2. The molecule has 2 aromatic rings. The van der Waals surface area contributed by atoms with Crippen LogP contribution in [0.5, 0.6) is 0 Å². The van der Waals surface area contributed by atoms with Crippen molar-refractivity contribution in [2.24, 2.45) is 0 Å². The van der Waals surface area contributed by atoms with Crippen LogP contribution in [0.4, 0.5) is 5.69 Å². The average molecular weight is 390 g/mol. The second-order valence-corrected chi connectivity index (χ2v) is 7.66. The van der Waals surface area contributed by atoms with Gasteiger partial charge in [-0.1, -0.05) is 41.4 Å². The Labute approximate surface area is 161 Å². The van der Waals surface area contributed by atoms with Crippen molar-refractivity contribution in [3.05, 3.63) is 63.6 Å². The zero-order valence-electron chi connectivity index (χ0n) is 14.1. The molecule has 6 heteroatoms. The molecular weight excluding hydrogens is 373 g/mol. The summed E-state index contributed by atoms with van der Waals surface area (Å²) < 4.78 is 5.69. The van der Waals surface area contributed by atoms with E-state index in [0.717, 1.165) is 11.1 Å². The first-order chi connectivity index (χ1) is 12.5. The molecule has 1 aliphatic heterocycles. The fourth-order valence-electron chi connectivity index (χ4n) is 4.40. The van der Waals surface area contributed by atoms with E-state index < -0.39 is 11.5 Å². The molecule has 0 saturated heterocycles. The van der Waals surface area contributed by atoms with Gasteiger partial charge in [-0.25, -0.2) is 0 Å². The number of hydrogen-bond donors (Lipinski definition) is 1. The molecule has 1 N–H and O–H groups in total. The van der Waals surface area contributed by atoms with Gasteiger partial charge in [-0.05, 0) is 35.4 Å². The van der Waals surface area contributed by atoms with Crippen molar-refractivity contribution in [1.82, 2.24) is 0 Å². The first kappa shape index (κ1) is 17.5. The lowest BCUT2D eigenvalue weighted by Gasteiger charge is -2.44. The maximum Gasteiger partial charge on any atom is 0.238 e. The zero-order chi connectivity index (χ0) is 18.5. The molecule has 2 aromatic carbocycles. The van der Waals surface area contributed by atoms with Gasteiger partial charge in [0.05, 0.1) is 6.10 Å². The van der Waals surface area contributed by atoms with E-state index in [2.05, 4.69) is 5.32 Å². The number of carbonyl (C=O) groups is 2. The number of hydrogen-bond acceptors (Lipinski definition) is 3. The van der Waals surface area contributed by atoms with Gasteiger partial charge in [0.1, 0.15) is 11.2 Å². The van der Waals surface area contributed by atoms with E-state index >= 15 is 0 Å². The Balaban J connectivity index is 1.96. The van der Waals surface area contributed by atoms with Crippen LogP contribution in [0.1, 0.15) is 29.9 Å². The molecule has 26 heavy (non-hydrogen) atoms. The van der Waals surface area contributed by atoms with Gasteiger partial charge in [-0.2, -0.15) is 0 Å². The SMILES string of the molecule is CO[C@H]1CC(=O)C[C@@H](c2ccc(Cl)cc2)[C@]12C(=O)Nc1cc(Cl)ccc12. The van der Waals surface area contributed by atoms with Crippen LogP contribution in [-0.2, 0) is 19.7 Å². The third-order valence-corrected chi connectivity index (χ3v) is 6.00. The molecule has 1 fully saturated rings. The average Bonchev–Trinajstić information content (AvgIpc) is 2.89. The molecule has 4 nitrogen and oxygen atoms in total. The predicted molar refractivity (Wildman–Crippen MR) is 101 cm³/mol. The van der Waals surface area contributed by atoms with E-state index in [-0.39, 0.29) is 30.4 Å². The first-order valence-electron chi connectivity index (χ1n) is 8.38. The number of methoxy groups -OCH3 is 1. The van der Waals surface area contributed by atoms with Gasteiger partial charge < -0.3 is 10.1 Å². The monoisotopic (exact) mass is 389 g/mol. The summed E-state index contributed by atoms with van der Waals surface area (Å²) >= 11 is 12.1. The van der Waals surface area contributed by atoms with Crippen molar-refractivity contribution in [3.63, 3.8) is 0 Å². The van der Waals surface area contributed by atoms with E-state index in [1.165, 1.54) is 0 Å². The lowest BCUT2D eigenvalue weighted by molar-refractivity contribution is -0.137. The fraction of sp³-hybridized carbons (Fsp3) is 0.300. The van der Waals surface area contributed by atoms with Crippen LogP contribution in [0.25, 0.3) is 0 Å². The van der Waals surface area contributed by atoms with Gasteiger partial charge in [-0.15, -0.1) is 0 Å². The van der Waals surface area contributed by atoms with Crippen molar-refractivity contribution in [3.8, 4) is 0 Å². The van der Waals surface area contributed by atoms with Gasteiger partial charge in [0.25, 0.3) is 0 Å². The van der Waals surface area contributed by atoms with Crippen LogP contribution in [0, 0.1) is 0 Å². The number of amides is 1. The number of fused-ring (bicyclic) bond motifs is 2. The Morgan fingerprint density at radius 3 is 2.42 bits per heavy atom. The van der Waals surface area contributed by atoms with Gasteiger partial charge in [0.2, 0.25) is 5.91 Å². The van der Waals surface area contributed by atoms with Crippen LogP contribution in [-0.4, -0.2) is 24.9 Å². The maximum atomic E-state index is 13.3. The summed E-state index contributed by atoms with van der Waals surface area (Å²) in [6, 6.07) is 12.7. The number of rotatable bonds is 2. The summed E-state index contributed by atoms with van der Waals surface area (Å²) in [5.74, 6) is -0.417. The summed E-state index contributed by atoms with van der Waals surface area (Å²) in [7, 11) is 1.55. The number of ether oxygens (including phenoxy) is 1. The molecule has 2 aliphatic rings. The van der Waals surface area contributed by atoms with Gasteiger partial charge in [0.15, 0.2) is 0 Å². The van der Waals surface area contributed by atoms with E-state index in [1.807, 2.05) is 18.2 Å². The highest BCUT2D eigenvalue weighted by Crippen LogP contribution is 2.55. The van der Waals surface area contributed by atoms with Crippen LogP contribution in [0.2, 0.25) is 10.0 Å². The summed E-state index contributed by atoms with van der Waals surface area (Å²) in [5.41, 5.74) is 1.42. The number of Topliss-reactive ketones (excluding diaryl/α,β-unsaturated/α-hetero) is 1. The molecule has 0 aromatic heterocycles. The van der Waals surface area contributed by atoms with E-state index in [1.54, 1.807) is 31.4 Å². The Hall–Kier alpha value is -1.88. The number of ketones is 1. The zero-order valence-corrected chi connectivity index (χ0v) is 15.6. The Morgan fingerprint density at radius 2 is 1.73 bits per heavy atom. The standard InChI is InChI=1S/C20H17Cl2NO3/c1-26-18-10-14(24)9-16(11-2-4-12(21)5-3-11)20(18)15-7-6-13(22)8-17(15)23-19(20)25/h2-8,16,18H,9-10H2,1H3,(H,23,25)/t16-,18-,20-/m0/s1. The van der Waals surface area contributed by atoms with Gasteiger partial charge >= 0.3 is 0 Å². The Bertz CT molecular complexity index is 896. The van der Waals surface area contributed by atoms with Crippen LogP contribution in [0.3, 0.4) is 0 Å². The molecule has 1 spiro atoms. The second kappa shape index (κ2) is 6.38. The number of nitrogens with one attached hydrogen (secondary N) is 1. The molecule has 134 valence electrons. The Kier molecular flexibility index (Phi) is 4.30. The van der Waals surface area contributed by atoms with Gasteiger partial charge in [0, 0.05) is 41.6 Å². The van der Waals surface area contributed by atoms with Crippen molar-refractivity contribution < 1.29 is 14.3 Å². The molecule has 0 radical (unpaired) electrons. The molecule has 1 saturated carbocycles. The molecule has 0 bridgehead atoms. The minimum absolute atomic E-state index is 0.0811. The summed E-state index contributed by atoms with van der Waals surface area (Å²) in [6.07, 6.45) is -0.0700. The highest BCUT2D eigenvalue weighted by molar-refractivity contribution is 6.31. The third kappa shape index (κ3) is 2.48. The van der Waals surface area contributed by atoms with Crippen molar-refractivity contribution in [2.45, 2.75) is 30.3 Å². The van der Waals surface area contributed by atoms with Crippen molar-refractivity contribution in [2.75, 3.05) is 12.4 Å². The molecule has 1 heterocycles. The van der Waals surface area contributed by atoms with Crippen LogP contribution >= 0.6 is 23.2 Å². The fourth-order valence-corrected chi connectivity index (χ4v) is 4.70. The topological polar surface area (TPSA) is 55.4 Å². The largest absolute Gasteiger partial charge is 0.379 e. The van der Waals surface area contributed by atoms with Crippen molar-refractivity contribution >= 4 is 40.6 Å². The van der Waals surface area contributed by atoms with E-state index in [9.17, 15) is 9.59 Å². The highest BCUT2D eigenvalue weighted by Gasteiger charge is 2.60. The summed E-state index contributed by atoms with van der Waals surface area (Å²) in [6.45, 7) is 0. The normalized spacial score (nSPS) is 27.5. The molecule has 4 rings (SSSR count). The number of anilines is 1. The second-order valence-electron chi connectivity index (χ2n) is 6.79. The maximum absolute atomic E-state index is 13.3. The van der Waals surface area contributed by atoms with Crippen LogP contribution in [0.15, 0.2) is 42.5 Å². The quantitative estimate of drug-likeness (QED) is 0.830. The molecule has 0 unspecified atom stereocenters. The lowest BCUT2D eigenvalue weighted by atomic mass is 9.59. The minimum atomic E-state index is -0.976. The molecular formula is C20H17Cl2NO3. The molecule has 1 amide bonds. The van der Waals surface area contributed by atoms with Crippen molar-refractivity contribution in [1.29, 1.82) is 0 Å². The van der Waals surface area contributed by atoms with Crippen LogP contribution < -0.4 is 5.32 Å². The summed E-state index contributed by atoms with van der Waals surface area (Å²) in [4.78, 5) is 25.7. The minimum Gasteiger partial charge on any atom is -0.379 e. The predicted octanol–water partition coefficient (Wildman–Crippen LogP) is 4.35. The third-order valence-electron chi connectivity index (χ3n) is 5.51. The smallest absolute Gasteiger partial charge is 0.238 e. The number of carbonyl (C=O) groups excluding carboxylic acids is 2. The van der Waals surface area contributed by atoms with E-state index in [4.69, 9.17) is 27.9 Å². The first-order valence-corrected chi connectivity index (χ1v) is 9.14. The molecule has 3 atom stereocenters. The highest BCUT2D eigenvalue weighted by atomic mass is 35.5. The van der Waals surface area contributed by atoms with Gasteiger partial charge in [-0.3, -0.25) is 9.59 Å².